The van der Waals surface area contributed by atoms with Gasteiger partial charge in [0.2, 0.25) is 0 Å². The highest BCUT2D eigenvalue weighted by Gasteiger charge is 2.44. The Bertz CT molecular complexity index is 702. The fraction of sp³-hybridized carbons (Fsp3) is 0.708. The summed E-state index contributed by atoms with van der Waals surface area (Å²) in [7, 11) is -2.08. The number of hydrogen-bond donors (Lipinski definition) is 3. The first-order valence-corrected chi connectivity index (χ1v) is 14.2. The number of carboxylic acids is 1. The van der Waals surface area contributed by atoms with E-state index in [2.05, 4.69) is 33.9 Å². The van der Waals surface area contributed by atoms with E-state index < -0.39 is 32.4 Å². The van der Waals surface area contributed by atoms with Crippen molar-refractivity contribution in [2.75, 3.05) is 0 Å². The number of hydrogen-bond acceptors (Lipinski definition) is 5. The Labute approximate surface area is 187 Å². The summed E-state index contributed by atoms with van der Waals surface area (Å²) < 4.78 is 12.9. The number of aliphatic carboxylic acids is 1. The van der Waals surface area contributed by atoms with E-state index >= 15 is 0 Å². The van der Waals surface area contributed by atoms with Gasteiger partial charge in [0.15, 0.2) is 8.32 Å². The van der Waals surface area contributed by atoms with Gasteiger partial charge in [-0.2, -0.15) is 0 Å². The number of para-hydroxylation sites is 1. The molecule has 7 heteroatoms. The summed E-state index contributed by atoms with van der Waals surface area (Å²) >= 11 is 0. The summed E-state index contributed by atoms with van der Waals surface area (Å²) in [6, 6.07) is 9.63. The molecule has 0 heterocycles. The third-order valence-corrected chi connectivity index (χ3v) is 11.6. The number of carboxylic acid groups (broad SMARTS) is 1. The van der Waals surface area contributed by atoms with Crippen LogP contribution in [0.25, 0.3) is 0 Å². The lowest BCUT2D eigenvalue weighted by molar-refractivity contribution is -0.139. The van der Waals surface area contributed by atoms with Gasteiger partial charge in [-0.3, -0.25) is 4.79 Å². The van der Waals surface area contributed by atoms with Gasteiger partial charge in [0.1, 0.15) is 11.9 Å². The molecule has 176 valence electrons. The molecule has 0 spiro atoms. The predicted molar refractivity (Wildman–Crippen MR) is 124 cm³/mol. The van der Waals surface area contributed by atoms with Crippen LogP contribution in [0, 0.1) is 11.8 Å². The van der Waals surface area contributed by atoms with Crippen LogP contribution >= 0.6 is 0 Å². The third kappa shape index (κ3) is 7.04. The largest absolute Gasteiger partial charge is 0.488 e. The zero-order valence-electron chi connectivity index (χ0n) is 19.7. The first-order chi connectivity index (χ1) is 14.3. The number of rotatable bonds is 10. The molecule has 1 aromatic carbocycles. The van der Waals surface area contributed by atoms with E-state index in [1.165, 1.54) is 0 Å². The maximum Gasteiger partial charge on any atom is 0.303 e. The molecule has 1 fully saturated rings. The van der Waals surface area contributed by atoms with Gasteiger partial charge in [-0.15, -0.1) is 0 Å². The number of benzene rings is 1. The average molecular weight is 453 g/mol. The normalized spacial score (nSPS) is 26.5. The number of aliphatic hydroxyl groups excluding tert-OH is 2. The highest BCUT2D eigenvalue weighted by Crippen LogP contribution is 2.41. The molecule has 6 nitrogen and oxygen atoms in total. The lowest BCUT2D eigenvalue weighted by Gasteiger charge is -2.41. The number of aliphatic hydroxyl groups is 2. The molecule has 0 amide bonds. The second-order valence-electron chi connectivity index (χ2n) is 10.4. The van der Waals surface area contributed by atoms with Crippen molar-refractivity contribution in [3.8, 4) is 5.75 Å². The van der Waals surface area contributed by atoms with Crippen molar-refractivity contribution in [3.63, 3.8) is 0 Å². The topological polar surface area (TPSA) is 96.2 Å². The van der Waals surface area contributed by atoms with Crippen LogP contribution in [0.5, 0.6) is 5.75 Å². The zero-order chi connectivity index (χ0) is 23.4. The van der Waals surface area contributed by atoms with Gasteiger partial charge >= 0.3 is 5.97 Å². The molecule has 0 bridgehead atoms. The van der Waals surface area contributed by atoms with E-state index in [4.69, 9.17) is 9.16 Å². The van der Waals surface area contributed by atoms with Crippen molar-refractivity contribution in [1.82, 2.24) is 0 Å². The lowest BCUT2D eigenvalue weighted by atomic mass is 9.86. The van der Waals surface area contributed by atoms with Crippen LogP contribution in [0.15, 0.2) is 30.3 Å². The summed E-state index contributed by atoms with van der Waals surface area (Å²) in [5.41, 5.74) is 0. The summed E-state index contributed by atoms with van der Waals surface area (Å²) in [6.45, 7) is 13.0. The molecule has 1 aliphatic rings. The van der Waals surface area contributed by atoms with Gasteiger partial charge in [-0.05, 0) is 62.4 Å². The molecular weight excluding hydrogens is 412 g/mol. The standard InChI is InChI=1S/C24H40O6Si/c1-16(29-17-10-8-7-9-11-17)22(30-31(5,6)24(2,3)4)13-12-18-19(14-23(27)28)21(26)15-20(18)25/h7-11,16,18-22,25-26H,12-15H2,1-6H3,(H,27,28)/t16?,18-,19-,20-,21+,22?/m1/s1. The van der Waals surface area contributed by atoms with Crippen LogP contribution in [0.4, 0.5) is 0 Å². The maximum absolute atomic E-state index is 11.3. The monoisotopic (exact) mass is 452 g/mol. The molecule has 1 aliphatic carbocycles. The van der Waals surface area contributed by atoms with Crippen molar-refractivity contribution in [3.05, 3.63) is 30.3 Å². The summed E-state index contributed by atoms with van der Waals surface area (Å²) in [5, 5.41) is 30.0. The molecular formula is C24H40O6Si. The van der Waals surface area contributed by atoms with Gasteiger partial charge in [-0.1, -0.05) is 39.0 Å². The van der Waals surface area contributed by atoms with E-state index in [0.29, 0.717) is 12.8 Å². The first kappa shape index (κ1) is 25.8. The van der Waals surface area contributed by atoms with Crippen molar-refractivity contribution < 1.29 is 29.3 Å². The van der Waals surface area contributed by atoms with Crippen LogP contribution in [-0.2, 0) is 9.22 Å². The molecule has 0 radical (unpaired) electrons. The third-order valence-electron chi connectivity index (χ3n) is 7.06. The van der Waals surface area contributed by atoms with Gasteiger partial charge in [0.25, 0.3) is 0 Å². The van der Waals surface area contributed by atoms with Crippen LogP contribution in [-0.4, -0.2) is 54.0 Å². The molecule has 0 aliphatic heterocycles. The van der Waals surface area contributed by atoms with Crippen molar-refractivity contribution in [2.45, 2.75) is 95.9 Å². The molecule has 0 saturated heterocycles. The van der Waals surface area contributed by atoms with E-state index in [9.17, 15) is 20.1 Å². The van der Waals surface area contributed by atoms with Crippen molar-refractivity contribution in [1.29, 1.82) is 0 Å². The van der Waals surface area contributed by atoms with Gasteiger partial charge < -0.3 is 24.5 Å². The molecule has 2 rings (SSSR count). The van der Waals surface area contributed by atoms with E-state index in [1.807, 2.05) is 37.3 Å². The SMILES string of the molecule is CC(Oc1ccccc1)C(CC[C@@H]1[C@@H](CC(=O)O)[C@@H](O)C[C@H]1O)O[Si](C)(C)C(C)(C)C. The highest BCUT2D eigenvalue weighted by atomic mass is 28.4. The van der Waals surface area contributed by atoms with Crippen LogP contribution in [0.2, 0.25) is 18.1 Å². The Morgan fingerprint density at radius 1 is 1.13 bits per heavy atom. The minimum absolute atomic E-state index is 0.0344. The molecule has 1 saturated carbocycles. The second kappa shape index (κ2) is 10.5. The fourth-order valence-corrected chi connectivity index (χ4v) is 5.57. The smallest absolute Gasteiger partial charge is 0.303 e. The highest BCUT2D eigenvalue weighted by molar-refractivity contribution is 6.74. The van der Waals surface area contributed by atoms with Gasteiger partial charge in [0.05, 0.1) is 24.7 Å². The fourth-order valence-electron chi connectivity index (χ4n) is 4.15. The molecule has 3 N–H and O–H groups in total. The zero-order valence-corrected chi connectivity index (χ0v) is 20.7. The van der Waals surface area contributed by atoms with E-state index in [1.54, 1.807) is 0 Å². The molecule has 0 aromatic heterocycles. The van der Waals surface area contributed by atoms with Gasteiger partial charge in [-0.25, -0.2) is 0 Å². The summed E-state index contributed by atoms with van der Waals surface area (Å²) in [5.74, 6) is -0.871. The second-order valence-corrected chi connectivity index (χ2v) is 15.2. The summed E-state index contributed by atoms with van der Waals surface area (Å²) in [4.78, 5) is 11.3. The maximum atomic E-state index is 11.3. The minimum Gasteiger partial charge on any atom is -0.488 e. The van der Waals surface area contributed by atoms with Crippen molar-refractivity contribution in [2.24, 2.45) is 11.8 Å². The van der Waals surface area contributed by atoms with E-state index in [-0.39, 0.29) is 36.0 Å². The minimum atomic E-state index is -2.08. The van der Waals surface area contributed by atoms with Gasteiger partial charge in [0, 0.05) is 5.92 Å². The Kier molecular flexibility index (Phi) is 8.73. The average Bonchev–Trinajstić information content (AvgIpc) is 2.91. The Hall–Kier alpha value is -1.41. The van der Waals surface area contributed by atoms with Crippen molar-refractivity contribution >= 4 is 14.3 Å². The molecule has 2 unspecified atom stereocenters. The Morgan fingerprint density at radius 3 is 2.26 bits per heavy atom. The Balaban J connectivity index is 2.16. The Morgan fingerprint density at radius 2 is 1.71 bits per heavy atom. The van der Waals surface area contributed by atoms with E-state index in [0.717, 1.165) is 5.75 Å². The molecule has 6 atom stereocenters. The van der Waals surface area contributed by atoms with Crippen LogP contribution in [0.1, 0.15) is 53.4 Å². The van der Waals surface area contributed by atoms with Crippen LogP contribution in [0.3, 0.4) is 0 Å². The lowest BCUT2D eigenvalue weighted by Crippen LogP contribution is -2.48. The quantitative estimate of drug-likeness (QED) is 0.454. The van der Waals surface area contributed by atoms with Crippen LogP contribution < -0.4 is 4.74 Å². The molecule has 1 aromatic rings. The first-order valence-electron chi connectivity index (χ1n) is 11.3. The number of carbonyl (C=O) groups is 1. The summed E-state index contributed by atoms with van der Waals surface area (Å²) in [6.07, 6.45) is -0.580. The number of ether oxygens (including phenoxy) is 1. The predicted octanol–water partition coefficient (Wildman–Crippen LogP) is 4.46. The molecule has 31 heavy (non-hydrogen) atoms.